The summed E-state index contributed by atoms with van der Waals surface area (Å²) in [5.74, 6) is 0.434. The number of phenols is 1. The number of benzene rings is 1. The third-order valence-corrected chi connectivity index (χ3v) is 4.50. The van der Waals surface area contributed by atoms with Gasteiger partial charge in [-0.15, -0.1) is 0 Å². The van der Waals surface area contributed by atoms with E-state index in [-0.39, 0.29) is 0 Å². The van der Waals surface area contributed by atoms with Gasteiger partial charge in [0, 0.05) is 18.7 Å². The van der Waals surface area contributed by atoms with Crippen molar-refractivity contribution < 1.29 is 5.11 Å². The van der Waals surface area contributed by atoms with E-state index >= 15 is 0 Å². The molecule has 0 spiro atoms. The molecular formula is C21H38N2O. The van der Waals surface area contributed by atoms with E-state index in [2.05, 4.69) is 51.0 Å². The highest BCUT2D eigenvalue weighted by atomic mass is 16.3. The lowest BCUT2D eigenvalue weighted by Gasteiger charge is -2.21. The molecular weight excluding hydrogens is 296 g/mol. The molecule has 1 aromatic carbocycles. The first-order chi connectivity index (χ1) is 11.5. The molecule has 1 rings (SSSR count). The molecule has 0 radical (unpaired) electrons. The van der Waals surface area contributed by atoms with Gasteiger partial charge in [-0.05, 0) is 58.2 Å². The van der Waals surface area contributed by atoms with Gasteiger partial charge in [0.1, 0.15) is 5.75 Å². The Bertz CT molecular complexity index is 469. The lowest BCUT2D eigenvalue weighted by atomic mass is 9.94. The maximum Gasteiger partial charge on any atom is 0.120 e. The Morgan fingerprint density at radius 1 is 0.750 bits per heavy atom. The van der Waals surface area contributed by atoms with Crippen molar-refractivity contribution in [2.45, 2.75) is 71.4 Å². The Labute approximate surface area is 149 Å². The predicted octanol–water partition coefficient (Wildman–Crippen LogP) is 4.81. The van der Waals surface area contributed by atoms with Gasteiger partial charge in [-0.3, -0.25) is 0 Å². The normalized spacial score (nSPS) is 11.6. The van der Waals surface area contributed by atoms with Crippen LogP contribution in [0.2, 0.25) is 0 Å². The monoisotopic (exact) mass is 334 g/mol. The van der Waals surface area contributed by atoms with Gasteiger partial charge >= 0.3 is 0 Å². The van der Waals surface area contributed by atoms with Crippen LogP contribution >= 0.6 is 0 Å². The van der Waals surface area contributed by atoms with Crippen molar-refractivity contribution in [2.75, 3.05) is 28.2 Å². The molecule has 0 amide bonds. The van der Waals surface area contributed by atoms with Gasteiger partial charge in [0.2, 0.25) is 0 Å². The maximum absolute atomic E-state index is 10.3. The molecule has 0 aliphatic rings. The summed E-state index contributed by atoms with van der Waals surface area (Å²) in [7, 11) is 8.31. The summed E-state index contributed by atoms with van der Waals surface area (Å²) in [6, 6.07) is 4.01. The van der Waals surface area contributed by atoms with Crippen molar-refractivity contribution >= 4 is 0 Å². The van der Waals surface area contributed by atoms with Gasteiger partial charge in [0.25, 0.3) is 0 Å². The summed E-state index contributed by atoms with van der Waals surface area (Å²) in [5, 5.41) is 10.3. The van der Waals surface area contributed by atoms with E-state index in [4.69, 9.17) is 0 Å². The van der Waals surface area contributed by atoms with Gasteiger partial charge in [0.15, 0.2) is 0 Å². The van der Waals surface area contributed by atoms with E-state index in [9.17, 15) is 5.11 Å². The summed E-state index contributed by atoms with van der Waals surface area (Å²) < 4.78 is 0. The van der Waals surface area contributed by atoms with Gasteiger partial charge in [-0.25, -0.2) is 0 Å². The van der Waals surface area contributed by atoms with E-state index in [0.29, 0.717) is 5.75 Å². The fraction of sp³-hybridized carbons (Fsp3) is 0.714. The Balaban J connectivity index is 2.70. The van der Waals surface area contributed by atoms with Crippen LogP contribution in [0.4, 0.5) is 0 Å². The zero-order valence-electron chi connectivity index (χ0n) is 16.6. The van der Waals surface area contributed by atoms with Gasteiger partial charge in [0.05, 0.1) is 0 Å². The molecule has 0 fully saturated rings. The lowest BCUT2D eigenvalue weighted by Crippen LogP contribution is -2.18. The fourth-order valence-electron chi connectivity index (χ4n) is 3.24. The number of hydrogen-bond donors (Lipinski definition) is 1. The second kappa shape index (κ2) is 11.5. The van der Waals surface area contributed by atoms with Crippen LogP contribution in [0, 0.1) is 0 Å². The third kappa shape index (κ3) is 7.67. The van der Waals surface area contributed by atoms with Gasteiger partial charge in [-0.1, -0.05) is 51.5 Å². The number of rotatable bonds is 12. The number of phenolic OH excluding ortho intramolecular Hbond substituents is 1. The van der Waals surface area contributed by atoms with Crippen molar-refractivity contribution in [1.29, 1.82) is 0 Å². The Morgan fingerprint density at radius 2 is 1.29 bits per heavy atom. The average molecular weight is 335 g/mol. The van der Waals surface area contributed by atoms with Gasteiger partial charge in [-0.2, -0.15) is 0 Å². The minimum absolute atomic E-state index is 0.434. The van der Waals surface area contributed by atoms with E-state index in [0.717, 1.165) is 25.1 Å². The zero-order valence-corrected chi connectivity index (χ0v) is 16.6. The summed E-state index contributed by atoms with van der Waals surface area (Å²) in [6.07, 6.45) is 10.5. The van der Waals surface area contributed by atoms with Crippen LogP contribution in [0.15, 0.2) is 12.1 Å². The second-order valence-corrected chi connectivity index (χ2v) is 7.55. The van der Waals surface area contributed by atoms with Crippen LogP contribution in [-0.4, -0.2) is 43.1 Å². The first-order valence-corrected chi connectivity index (χ1v) is 9.57. The van der Waals surface area contributed by atoms with E-state index in [1.54, 1.807) is 0 Å². The Kier molecular flexibility index (Phi) is 10.0. The number of hydrogen-bond acceptors (Lipinski definition) is 3. The molecule has 138 valence electrons. The van der Waals surface area contributed by atoms with E-state index < -0.39 is 0 Å². The molecule has 0 saturated carbocycles. The molecule has 1 N–H and O–H groups in total. The number of unbranched alkanes of at least 4 members (excludes halogenated alkanes) is 6. The molecule has 0 atom stereocenters. The van der Waals surface area contributed by atoms with E-state index in [1.807, 2.05) is 6.07 Å². The van der Waals surface area contributed by atoms with Crippen LogP contribution in [0.5, 0.6) is 5.75 Å². The average Bonchev–Trinajstić information content (AvgIpc) is 2.51. The zero-order chi connectivity index (χ0) is 17.9. The highest BCUT2D eigenvalue weighted by Crippen LogP contribution is 2.28. The third-order valence-electron chi connectivity index (χ3n) is 4.50. The number of aromatic hydroxyl groups is 1. The maximum atomic E-state index is 10.3. The quantitative estimate of drug-likeness (QED) is 0.556. The molecule has 3 nitrogen and oxygen atoms in total. The Hall–Kier alpha value is -1.06. The first kappa shape index (κ1) is 21.0. The largest absolute Gasteiger partial charge is 0.508 e. The summed E-state index contributed by atoms with van der Waals surface area (Å²) in [4.78, 5) is 4.33. The molecule has 0 aliphatic carbocycles. The highest BCUT2D eigenvalue weighted by Gasteiger charge is 2.14. The van der Waals surface area contributed by atoms with Crippen LogP contribution in [0.3, 0.4) is 0 Å². The standard InChI is InChI=1S/C21H38N2O/c1-6-7-8-9-10-11-12-13-18-14-15-21(24)20(17-23(4)5)19(18)16-22(2)3/h14-15,24H,6-13,16-17H2,1-5H3. The molecule has 0 aliphatic heterocycles. The van der Waals surface area contributed by atoms with Crippen molar-refractivity contribution in [3.63, 3.8) is 0 Å². The predicted molar refractivity (Wildman–Crippen MR) is 105 cm³/mol. The molecule has 24 heavy (non-hydrogen) atoms. The second-order valence-electron chi connectivity index (χ2n) is 7.55. The van der Waals surface area contributed by atoms with Crippen LogP contribution in [-0.2, 0) is 19.5 Å². The summed E-state index contributed by atoms with van der Waals surface area (Å²) >= 11 is 0. The van der Waals surface area contributed by atoms with Crippen LogP contribution in [0.25, 0.3) is 0 Å². The molecule has 1 aromatic rings. The van der Waals surface area contributed by atoms with Gasteiger partial charge < -0.3 is 14.9 Å². The van der Waals surface area contributed by atoms with Crippen LogP contribution < -0.4 is 0 Å². The summed E-state index contributed by atoms with van der Waals surface area (Å²) in [5.41, 5.74) is 3.82. The van der Waals surface area contributed by atoms with E-state index in [1.165, 1.54) is 56.1 Å². The molecule has 0 aromatic heterocycles. The van der Waals surface area contributed by atoms with Crippen molar-refractivity contribution in [3.05, 3.63) is 28.8 Å². The molecule has 0 bridgehead atoms. The summed E-state index contributed by atoms with van der Waals surface area (Å²) in [6.45, 7) is 3.95. The minimum atomic E-state index is 0.434. The number of nitrogens with zero attached hydrogens (tertiary/aromatic N) is 2. The fourth-order valence-corrected chi connectivity index (χ4v) is 3.24. The topological polar surface area (TPSA) is 26.7 Å². The van der Waals surface area contributed by atoms with Crippen molar-refractivity contribution in [1.82, 2.24) is 9.80 Å². The smallest absolute Gasteiger partial charge is 0.120 e. The molecule has 0 unspecified atom stereocenters. The van der Waals surface area contributed by atoms with Crippen molar-refractivity contribution in [2.24, 2.45) is 0 Å². The molecule has 0 heterocycles. The Morgan fingerprint density at radius 3 is 1.88 bits per heavy atom. The lowest BCUT2D eigenvalue weighted by molar-refractivity contribution is 0.367. The molecule has 0 saturated heterocycles. The van der Waals surface area contributed by atoms with Crippen LogP contribution in [0.1, 0.15) is 68.6 Å². The first-order valence-electron chi connectivity index (χ1n) is 9.57. The highest BCUT2D eigenvalue weighted by molar-refractivity contribution is 5.44. The minimum Gasteiger partial charge on any atom is -0.508 e. The number of aryl methyl sites for hydroxylation is 1. The van der Waals surface area contributed by atoms with Crippen molar-refractivity contribution in [3.8, 4) is 5.75 Å². The molecule has 3 heteroatoms. The SMILES string of the molecule is CCCCCCCCCc1ccc(O)c(CN(C)C)c1CN(C)C.